The molecule has 1 heterocycles. The standard InChI is InChI=1S/C8H12N4O3/c1-2-9-7(13)3-4-12-5-6(8(14)15)10-11-12/h5H,2-4H2,1H3,(H,9,13)(H,14,15). The van der Waals surface area contributed by atoms with E-state index in [1.165, 1.54) is 10.9 Å². The fourth-order valence-corrected chi connectivity index (χ4v) is 1.01. The Hall–Kier alpha value is -1.92. The Labute approximate surface area is 86.1 Å². The predicted molar refractivity (Wildman–Crippen MR) is 50.3 cm³/mol. The third kappa shape index (κ3) is 3.37. The van der Waals surface area contributed by atoms with Gasteiger partial charge in [-0.15, -0.1) is 5.10 Å². The predicted octanol–water partition coefficient (Wildman–Crippen LogP) is -0.498. The minimum atomic E-state index is -1.13. The van der Waals surface area contributed by atoms with Gasteiger partial charge in [0.15, 0.2) is 5.69 Å². The summed E-state index contributed by atoms with van der Waals surface area (Å²) in [4.78, 5) is 21.5. The Balaban J connectivity index is 2.44. The molecule has 0 saturated heterocycles. The van der Waals surface area contributed by atoms with E-state index >= 15 is 0 Å². The van der Waals surface area contributed by atoms with Crippen molar-refractivity contribution in [1.82, 2.24) is 20.3 Å². The zero-order valence-corrected chi connectivity index (χ0v) is 8.30. The Bertz CT molecular complexity index is 361. The van der Waals surface area contributed by atoms with Gasteiger partial charge in [-0.3, -0.25) is 9.48 Å². The highest BCUT2D eigenvalue weighted by Crippen LogP contribution is 1.94. The molecular weight excluding hydrogens is 200 g/mol. The Kier molecular flexibility index (Phi) is 3.78. The van der Waals surface area contributed by atoms with Crippen molar-refractivity contribution in [1.29, 1.82) is 0 Å². The molecule has 15 heavy (non-hydrogen) atoms. The molecule has 1 aromatic heterocycles. The van der Waals surface area contributed by atoms with Crippen LogP contribution in [-0.2, 0) is 11.3 Å². The molecule has 0 aliphatic heterocycles. The quantitative estimate of drug-likeness (QED) is 0.686. The smallest absolute Gasteiger partial charge is 0.358 e. The van der Waals surface area contributed by atoms with E-state index in [2.05, 4.69) is 15.6 Å². The third-order valence-corrected chi connectivity index (χ3v) is 1.70. The van der Waals surface area contributed by atoms with Crippen LogP contribution in [-0.4, -0.2) is 38.5 Å². The number of nitrogens with zero attached hydrogens (tertiary/aromatic N) is 3. The second kappa shape index (κ2) is 5.08. The molecule has 82 valence electrons. The molecular formula is C8H12N4O3. The number of carboxylic acid groups (broad SMARTS) is 1. The van der Waals surface area contributed by atoms with E-state index in [0.717, 1.165) is 0 Å². The SMILES string of the molecule is CCNC(=O)CCn1cc(C(=O)O)nn1. The maximum atomic E-state index is 11.1. The molecule has 0 bridgehead atoms. The summed E-state index contributed by atoms with van der Waals surface area (Å²) in [6.45, 7) is 2.73. The van der Waals surface area contributed by atoms with E-state index in [4.69, 9.17) is 5.11 Å². The third-order valence-electron chi connectivity index (χ3n) is 1.70. The van der Waals surface area contributed by atoms with Crippen LogP contribution in [0.1, 0.15) is 23.8 Å². The van der Waals surface area contributed by atoms with Crippen LogP contribution in [0.15, 0.2) is 6.20 Å². The van der Waals surface area contributed by atoms with E-state index in [1.807, 2.05) is 6.92 Å². The minimum absolute atomic E-state index is 0.0927. The Morgan fingerprint density at radius 3 is 2.87 bits per heavy atom. The molecule has 0 radical (unpaired) electrons. The highest BCUT2D eigenvalue weighted by molar-refractivity contribution is 5.84. The first-order valence-electron chi connectivity index (χ1n) is 4.53. The number of aryl methyl sites for hydroxylation is 1. The summed E-state index contributed by atoms with van der Waals surface area (Å²) in [5.41, 5.74) is -0.120. The lowest BCUT2D eigenvalue weighted by molar-refractivity contribution is -0.121. The van der Waals surface area contributed by atoms with Gasteiger partial charge in [-0.25, -0.2) is 4.79 Å². The topological polar surface area (TPSA) is 97.1 Å². The summed E-state index contributed by atoms with van der Waals surface area (Å²) < 4.78 is 1.33. The van der Waals surface area contributed by atoms with Gasteiger partial charge < -0.3 is 10.4 Å². The molecule has 1 aromatic rings. The van der Waals surface area contributed by atoms with E-state index < -0.39 is 5.97 Å². The lowest BCUT2D eigenvalue weighted by atomic mass is 10.4. The molecule has 0 fully saturated rings. The minimum Gasteiger partial charge on any atom is -0.476 e. The van der Waals surface area contributed by atoms with Gasteiger partial charge in [-0.1, -0.05) is 5.21 Å². The molecule has 7 heteroatoms. The number of hydrogen-bond acceptors (Lipinski definition) is 4. The van der Waals surface area contributed by atoms with E-state index in [0.29, 0.717) is 13.1 Å². The number of carbonyl (C=O) groups is 2. The Morgan fingerprint density at radius 2 is 2.33 bits per heavy atom. The molecule has 1 amide bonds. The zero-order valence-electron chi connectivity index (χ0n) is 8.30. The molecule has 7 nitrogen and oxygen atoms in total. The van der Waals surface area contributed by atoms with Crippen LogP contribution in [0.4, 0.5) is 0 Å². The highest BCUT2D eigenvalue weighted by Gasteiger charge is 2.08. The number of aromatic nitrogens is 3. The molecule has 2 N–H and O–H groups in total. The van der Waals surface area contributed by atoms with Gasteiger partial charge in [0.2, 0.25) is 5.91 Å². The number of rotatable bonds is 5. The van der Waals surface area contributed by atoms with Crippen molar-refractivity contribution in [2.75, 3.05) is 6.54 Å². The summed E-state index contributed by atoms with van der Waals surface area (Å²) in [7, 11) is 0. The van der Waals surface area contributed by atoms with Crippen molar-refractivity contribution < 1.29 is 14.7 Å². The first-order chi connectivity index (χ1) is 7.13. The average Bonchev–Trinajstić information content (AvgIpc) is 2.63. The number of nitrogens with one attached hydrogen (secondary N) is 1. The second-order valence-electron chi connectivity index (χ2n) is 2.88. The van der Waals surface area contributed by atoms with Crippen molar-refractivity contribution in [3.8, 4) is 0 Å². The molecule has 0 aliphatic carbocycles. The van der Waals surface area contributed by atoms with Gasteiger partial charge in [0.25, 0.3) is 0 Å². The van der Waals surface area contributed by atoms with Crippen LogP contribution in [0.2, 0.25) is 0 Å². The lowest BCUT2D eigenvalue weighted by Crippen LogP contribution is -2.23. The summed E-state index contributed by atoms with van der Waals surface area (Å²) in [6.07, 6.45) is 1.55. The number of aromatic carboxylic acids is 1. The lowest BCUT2D eigenvalue weighted by Gasteiger charge is -2.00. The van der Waals surface area contributed by atoms with Gasteiger partial charge in [0.1, 0.15) is 0 Å². The van der Waals surface area contributed by atoms with Crippen molar-refractivity contribution >= 4 is 11.9 Å². The highest BCUT2D eigenvalue weighted by atomic mass is 16.4. The van der Waals surface area contributed by atoms with Crippen molar-refractivity contribution in [3.05, 3.63) is 11.9 Å². The molecule has 0 atom stereocenters. The zero-order chi connectivity index (χ0) is 11.3. The first-order valence-corrected chi connectivity index (χ1v) is 4.53. The van der Waals surface area contributed by atoms with E-state index in [1.54, 1.807) is 0 Å². The van der Waals surface area contributed by atoms with Crippen LogP contribution >= 0.6 is 0 Å². The van der Waals surface area contributed by atoms with Gasteiger partial charge in [-0.05, 0) is 6.92 Å². The Morgan fingerprint density at radius 1 is 1.60 bits per heavy atom. The maximum absolute atomic E-state index is 11.1. The fraction of sp³-hybridized carbons (Fsp3) is 0.500. The summed E-state index contributed by atoms with van der Waals surface area (Å²) in [6, 6.07) is 0. The van der Waals surface area contributed by atoms with Gasteiger partial charge in [0.05, 0.1) is 12.7 Å². The van der Waals surface area contributed by atoms with Crippen LogP contribution in [0, 0.1) is 0 Å². The van der Waals surface area contributed by atoms with Crippen LogP contribution < -0.4 is 5.32 Å². The largest absolute Gasteiger partial charge is 0.476 e. The van der Waals surface area contributed by atoms with E-state index in [-0.39, 0.29) is 18.0 Å². The normalized spacial score (nSPS) is 9.93. The monoisotopic (exact) mass is 212 g/mol. The number of carboxylic acids is 1. The maximum Gasteiger partial charge on any atom is 0.358 e. The molecule has 0 aromatic carbocycles. The van der Waals surface area contributed by atoms with Gasteiger partial charge in [0, 0.05) is 13.0 Å². The van der Waals surface area contributed by atoms with Crippen molar-refractivity contribution in [3.63, 3.8) is 0 Å². The van der Waals surface area contributed by atoms with Crippen LogP contribution in [0.3, 0.4) is 0 Å². The van der Waals surface area contributed by atoms with Gasteiger partial charge in [-0.2, -0.15) is 0 Å². The first kappa shape index (κ1) is 11.2. The molecule has 0 aliphatic rings. The number of carbonyl (C=O) groups excluding carboxylic acids is 1. The van der Waals surface area contributed by atoms with Crippen LogP contribution in [0.5, 0.6) is 0 Å². The van der Waals surface area contributed by atoms with Crippen molar-refractivity contribution in [2.24, 2.45) is 0 Å². The van der Waals surface area contributed by atoms with Crippen LogP contribution in [0.25, 0.3) is 0 Å². The summed E-state index contributed by atoms with van der Waals surface area (Å²) >= 11 is 0. The molecule has 0 unspecified atom stereocenters. The van der Waals surface area contributed by atoms with E-state index in [9.17, 15) is 9.59 Å². The average molecular weight is 212 g/mol. The number of amides is 1. The number of hydrogen-bond donors (Lipinski definition) is 2. The summed E-state index contributed by atoms with van der Waals surface area (Å²) in [5.74, 6) is -1.22. The molecule has 0 spiro atoms. The fourth-order valence-electron chi connectivity index (χ4n) is 1.01. The summed E-state index contributed by atoms with van der Waals surface area (Å²) in [5, 5.41) is 18.2. The molecule has 0 saturated carbocycles. The van der Waals surface area contributed by atoms with Gasteiger partial charge >= 0.3 is 5.97 Å². The molecule has 1 rings (SSSR count). The second-order valence-corrected chi connectivity index (χ2v) is 2.88. The van der Waals surface area contributed by atoms with Crippen molar-refractivity contribution in [2.45, 2.75) is 19.9 Å².